The molecule has 1 fully saturated rings. The quantitative estimate of drug-likeness (QED) is 0.358. The van der Waals surface area contributed by atoms with Crippen molar-refractivity contribution in [2.24, 2.45) is 0 Å². The Kier molecular flexibility index (Phi) is 7.32. The normalized spacial score (nSPS) is 14.7. The Hall–Kier alpha value is -3.29. The van der Waals surface area contributed by atoms with Gasteiger partial charge in [0, 0.05) is 0 Å². The molecule has 5 nitrogen and oxygen atoms in total. The molecule has 33 heavy (non-hydrogen) atoms. The number of imide groups is 1. The molecule has 0 atom stereocenters. The zero-order valence-electron chi connectivity index (χ0n) is 17.4. The van der Waals surface area contributed by atoms with Crippen LogP contribution in [0.25, 0.3) is 6.08 Å². The molecule has 2 amide bonds. The molecule has 8 heteroatoms. The highest BCUT2D eigenvalue weighted by molar-refractivity contribution is 8.18. The van der Waals surface area contributed by atoms with Gasteiger partial charge in [-0.3, -0.25) is 14.5 Å². The summed E-state index contributed by atoms with van der Waals surface area (Å²) >= 11 is 7.19. The van der Waals surface area contributed by atoms with E-state index in [1.54, 1.807) is 36.4 Å². The lowest BCUT2D eigenvalue weighted by Crippen LogP contribution is -2.32. The van der Waals surface area contributed by atoms with E-state index in [2.05, 4.69) is 0 Å². The van der Waals surface area contributed by atoms with Crippen molar-refractivity contribution in [3.05, 3.63) is 99.7 Å². The van der Waals surface area contributed by atoms with Gasteiger partial charge in [0.2, 0.25) is 0 Å². The maximum atomic E-state index is 13.3. The summed E-state index contributed by atoms with van der Waals surface area (Å²) in [5, 5.41) is -0.000279. The van der Waals surface area contributed by atoms with Gasteiger partial charge >= 0.3 is 0 Å². The first kappa shape index (κ1) is 22.9. The highest BCUT2D eigenvalue weighted by atomic mass is 35.5. The first-order chi connectivity index (χ1) is 16.0. The number of benzene rings is 3. The van der Waals surface area contributed by atoms with Crippen molar-refractivity contribution in [3.63, 3.8) is 0 Å². The van der Waals surface area contributed by atoms with Crippen LogP contribution in [0, 0.1) is 5.82 Å². The van der Waals surface area contributed by atoms with E-state index < -0.39 is 0 Å². The monoisotopic (exact) mass is 483 g/mol. The molecule has 0 spiro atoms. The molecule has 0 aliphatic carbocycles. The third kappa shape index (κ3) is 5.94. The van der Waals surface area contributed by atoms with Crippen LogP contribution in [0.3, 0.4) is 0 Å². The lowest BCUT2D eigenvalue weighted by Gasteiger charge is -2.13. The van der Waals surface area contributed by atoms with Crippen molar-refractivity contribution in [3.8, 4) is 11.5 Å². The molecule has 0 unspecified atom stereocenters. The zero-order valence-corrected chi connectivity index (χ0v) is 18.9. The largest absolute Gasteiger partial charge is 0.492 e. The molecule has 1 heterocycles. The average Bonchev–Trinajstić information content (AvgIpc) is 3.06. The Morgan fingerprint density at radius 2 is 1.79 bits per heavy atom. The maximum absolute atomic E-state index is 13.3. The SMILES string of the molecule is O=C1S/C(=C\c2ccc(OCc3cccc(F)c3)c(Cl)c2)C(=O)N1CCOc1ccccc1. The van der Waals surface area contributed by atoms with Gasteiger partial charge in [-0.05, 0) is 65.4 Å². The van der Waals surface area contributed by atoms with Crippen LogP contribution in [-0.4, -0.2) is 29.2 Å². The Morgan fingerprint density at radius 1 is 0.970 bits per heavy atom. The van der Waals surface area contributed by atoms with Crippen LogP contribution in [0.2, 0.25) is 5.02 Å². The summed E-state index contributed by atoms with van der Waals surface area (Å²) in [6.45, 7) is 0.532. The summed E-state index contributed by atoms with van der Waals surface area (Å²) in [5.41, 5.74) is 1.34. The van der Waals surface area contributed by atoms with Gasteiger partial charge in [-0.1, -0.05) is 48.0 Å². The lowest BCUT2D eigenvalue weighted by molar-refractivity contribution is -0.123. The van der Waals surface area contributed by atoms with E-state index in [9.17, 15) is 14.0 Å². The molecule has 0 radical (unpaired) electrons. The second-order valence-electron chi connectivity index (χ2n) is 7.10. The number of carbonyl (C=O) groups excluding carboxylic acids is 2. The lowest BCUT2D eigenvalue weighted by atomic mass is 10.2. The van der Waals surface area contributed by atoms with Gasteiger partial charge in [0.1, 0.15) is 30.5 Å². The van der Waals surface area contributed by atoms with E-state index in [4.69, 9.17) is 21.1 Å². The number of amides is 2. The number of hydrogen-bond acceptors (Lipinski definition) is 5. The molecule has 0 bridgehead atoms. The summed E-state index contributed by atoms with van der Waals surface area (Å²) in [7, 11) is 0. The standard InChI is InChI=1S/C25H19ClFNO4S/c26-21-14-17(9-10-22(21)32-16-18-5-4-6-19(27)13-18)15-23-24(29)28(25(30)33-23)11-12-31-20-7-2-1-3-8-20/h1-10,13-15H,11-12,16H2/b23-15-. The summed E-state index contributed by atoms with van der Waals surface area (Å²) < 4.78 is 24.6. The molecule has 3 aromatic rings. The molecule has 3 aromatic carbocycles. The molecule has 4 rings (SSSR count). The number of hydrogen-bond donors (Lipinski definition) is 0. The molecular weight excluding hydrogens is 465 g/mol. The van der Waals surface area contributed by atoms with Gasteiger partial charge in [0.25, 0.3) is 11.1 Å². The third-order valence-corrected chi connectivity index (χ3v) is 5.94. The number of halogens is 2. The van der Waals surface area contributed by atoms with Gasteiger partial charge in [-0.25, -0.2) is 4.39 Å². The van der Waals surface area contributed by atoms with Crippen LogP contribution in [0.5, 0.6) is 11.5 Å². The smallest absolute Gasteiger partial charge is 0.293 e. The van der Waals surface area contributed by atoms with E-state index in [1.165, 1.54) is 12.1 Å². The predicted molar refractivity (Wildman–Crippen MR) is 127 cm³/mol. The number of rotatable bonds is 8. The Balaban J connectivity index is 1.37. The Bertz CT molecular complexity index is 1200. The minimum atomic E-state index is -0.371. The van der Waals surface area contributed by atoms with Crippen LogP contribution in [0.4, 0.5) is 9.18 Å². The molecule has 0 saturated carbocycles. The van der Waals surface area contributed by atoms with Crippen molar-refractivity contribution < 1.29 is 23.5 Å². The Labute approximate surface area is 199 Å². The summed E-state index contributed by atoms with van der Waals surface area (Å²) in [5.74, 6) is 0.404. The fourth-order valence-electron chi connectivity index (χ4n) is 3.13. The molecule has 168 valence electrons. The topological polar surface area (TPSA) is 55.8 Å². The van der Waals surface area contributed by atoms with E-state index in [0.29, 0.717) is 32.6 Å². The van der Waals surface area contributed by atoms with E-state index in [-0.39, 0.29) is 36.7 Å². The van der Waals surface area contributed by atoms with Gasteiger partial charge < -0.3 is 9.47 Å². The molecule has 1 aliphatic heterocycles. The molecule has 1 aliphatic rings. The first-order valence-electron chi connectivity index (χ1n) is 10.1. The molecule has 0 aromatic heterocycles. The van der Waals surface area contributed by atoms with Crippen LogP contribution in [0.15, 0.2) is 77.7 Å². The second-order valence-corrected chi connectivity index (χ2v) is 8.50. The highest BCUT2D eigenvalue weighted by Gasteiger charge is 2.34. The van der Waals surface area contributed by atoms with Crippen LogP contribution >= 0.6 is 23.4 Å². The van der Waals surface area contributed by atoms with Crippen LogP contribution in [-0.2, 0) is 11.4 Å². The zero-order chi connectivity index (χ0) is 23.2. The van der Waals surface area contributed by atoms with Gasteiger partial charge in [-0.2, -0.15) is 0 Å². The second kappa shape index (κ2) is 10.6. The van der Waals surface area contributed by atoms with Crippen molar-refractivity contribution in [1.29, 1.82) is 0 Å². The first-order valence-corrected chi connectivity index (χ1v) is 11.3. The molecule has 0 N–H and O–H groups in total. The van der Waals surface area contributed by atoms with E-state index in [0.717, 1.165) is 16.7 Å². The fourth-order valence-corrected chi connectivity index (χ4v) is 4.24. The van der Waals surface area contributed by atoms with Crippen molar-refractivity contribution in [1.82, 2.24) is 4.90 Å². The predicted octanol–water partition coefficient (Wildman–Crippen LogP) is 6.17. The van der Waals surface area contributed by atoms with Crippen LogP contribution in [0.1, 0.15) is 11.1 Å². The minimum Gasteiger partial charge on any atom is -0.492 e. The van der Waals surface area contributed by atoms with Crippen molar-refractivity contribution in [2.45, 2.75) is 6.61 Å². The van der Waals surface area contributed by atoms with Crippen molar-refractivity contribution in [2.75, 3.05) is 13.2 Å². The van der Waals surface area contributed by atoms with Gasteiger partial charge in [0.05, 0.1) is 16.5 Å². The highest BCUT2D eigenvalue weighted by Crippen LogP contribution is 2.34. The summed E-state index contributed by atoms with van der Waals surface area (Å²) in [4.78, 5) is 26.4. The van der Waals surface area contributed by atoms with Crippen molar-refractivity contribution >= 4 is 40.6 Å². The van der Waals surface area contributed by atoms with Gasteiger partial charge in [0.15, 0.2) is 0 Å². The average molecular weight is 484 g/mol. The number of para-hydroxylation sites is 1. The maximum Gasteiger partial charge on any atom is 0.293 e. The summed E-state index contributed by atoms with van der Waals surface area (Å²) in [6, 6.07) is 20.4. The number of nitrogens with zero attached hydrogens (tertiary/aromatic N) is 1. The number of thioether (sulfide) groups is 1. The Morgan fingerprint density at radius 3 is 2.55 bits per heavy atom. The minimum absolute atomic E-state index is 0.157. The summed E-state index contributed by atoms with van der Waals surface area (Å²) in [6.07, 6.45) is 1.62. The van der Waals surface area contributed by atoms with Crippen LogP contribution < -0.4 is 9.47 Å². The van der Waals surface area contributed by atoms with E-state index in [1.807, 2.05) is 30.3 Å². The third-order valence-electron chi connectivity index (χ3n) is 4.74. The number of carbonyl (C=O) groups is 2. The van der Waals surface area contributed by atoms with Gasteiger partial charge in [-0.15, -0.1) is 0 Å². The fraction of sp³-hybridized carbons (Fsp3) is 0.120. The number of ether oxygens (including phenoxy) is 2. The molecule has 1 saturated heterocycles. The van der Waals surface area contributed by atoms with E-state index >= 15 is 0 Å². The molecular formula is C25H19ClFNO4S.